The minimum atomic E-state index is -0.0660. The maximum Gasteiger partial charge on any atom is 0.255 e. The maximum absolute atomic E-state index is 11.9. The van der Waals surface area contributed by atoms with E-state index in [0.29, 0.717) is 5.56 Å². The highest BCUT2D eigenvalue weighted by molar-refractivity contribution is 5.95. The van der Waals surface area contributed by atoms with E-state index < -0.39 is 0 Å². The van der Waals surface area contributed by atoms with E-state index in [1.54, 1.807) is 0 Å². The molecule has 0 heterocycles. The van der Waals surface area contributed by atoms with E-state index in [-0.39, 0.29) is 5.91 Å². The topological polar surface area (TPSA) is 32.3 Å². The van der Waals surface area contributed by atoms with E-state index in [9.17, 15) is 4.79 Å². The van der Waals surface area contributed by atoms with Gasteiger partial charge in [-0.15, -0.1) is 0 Å². The fraction of sp³-hybridized carbons (Fsp3) is 0.357. The van der Waals surface area contributed by atoms with E-state index in [0.717, 1.165) is 17.0 Å². The van der Waals surface area contributed by atoms with Gasteiger partial charge in [0.2, 0.25) is 0 Å². The number of aryl methyl sites for hydroxylation is 1. The minimum Gasteiger partial charge on any atom is -0.380 e. The van der Waals surface area contributed by atoms with Crippen molar-refractivity contribution in [2.75, 3.05) is 14.1 Å². The Hall–Kier alpha value is -1.77. The highest BCUT2D eigenvalue weighted by atomic mass is 16.1. The lowest BCUT2D eigenvalue weighted by Gasteiger charge is -2.17. The van der Waals surface area contributed by atoms with Crippen LogP contribution >= 0.6 is 0 Å². The normalized spacial score (nSPS) is 11.8. The average molecular weight is 232 g/mol. The van der Waals surface area contributed by atoms with E-state index in [2.05, 4.69) is 5.32 Å². The van der Waals surface area contributed by atoms with Crippen LogP contribution in [-0.4, -0.2) is 24.9 Å². The standard InChI is InChI=1S/C14H20N2O/c1-10-6-8-13(9-7-10)14(17)15-11(2)12(3)16(4)5/h6-9H,1-5H3,(H,15,17). The Morgan fingerprint density at radius 2 is 1.65 bits per heavy atom. The number of hydrogen-bond donors (Lipinski definition) is 1. The third-order valence-electron chi connectivity index (χ3n) is 2.83. The molecule has 1 rings (SSSR count). The monoisotopic (exact) mass is 232 g/mol. The summed E-state index contributed by atoms with van der Waals surface area (Å²) in [4.78, 5) is 13.9. The molecule has 1 N–H and O–H groups in total. The van der Waals surface area contributed by atoms with Crippen molar-refractivity contribution in [1.29, 1.82) is 0 Å². The second kappa shape index (κ2) is 5.53. The molecule has 0 aliphatic carbocycles. The van der Waals surface area contributed by atoms with Gasteiger partial charge in [-0.25, -0.2) is 0 Å². The molecule has 0 aliphatic rings. The van der Waals surface area contributed by atoms with Gasteiger partial charge in [0.15, 0.2) is 0 Å². The van der Waals surface area contributed by atoms with Gasteiger partial charge in [0.25, 0.3) is 5.91 Å². The van der Waals surface area contributed by atoms with Gasteiger partial charge < -0.3 is 10.2 Å². The van der Waals surface area contributed by atoms with E-state index in [1.165, 1.54) is 0 Å². The maximum atomic E-state index is 11.9. The Labute approximate surface area is 103 Å². The van der Waals surface area contributed by atoms with E-state index in [4.69, 9.17) is 0 Å². The average Bonchev–Trinajstić information content (AvgIpc) is 2.28. The van der Waals surface area contributed by atoms with Crippen LogP contribution in [0.25, 0.3) is 0 Å². The molecule has 1 aromatic carbocycles. The number of amides is 1. The molecular weight excluding hydrogens is 212 g/mol. The summed E-state index contributed by atoms with van der Waals surface area (Å²) in [6.45, 7) is 5.88. The fourth-order valence-corrected chi connectivity index (χ4v) is 1.37. The van der Waals surface area contributed by atoms with Crippen LogP contribution in [0.15, 0.2) is 35.7 Å². The van der Waals surface area contributed by atoms with Crippen molar-refractivity contribution in [3.63, 3.8) is 0 Å². The molecule has 0 saturated heterocycles. The summed E-state index contributed by atoms with van der Waals surface area (Å²) >= 11 is 0. The molecule has 0 radical (unpaired) electrons. The molecular formula is C14H20N2O. The predicted octanol–water partition coefficient (Wildman–Crippen LogP) is 2.54. The fourth-order valence-electron chi connectivity index (χ4n) is 1.37. The van der Waals surface area contributed by atoms with Crippen molar-refractivity contribution < 1.29 is 4.79 Å². The molecule has 17 heavy (non-hydrogen) atoms. The number of hydrogen-bond acceptors (Lipinski definition) is 2. The van der Waals surface area contributed by atoms with Crippen molar-refractivity contribution >= 4 is 5.91 Å². The van der Waals surface area contributed by atoms with Crippen molar-refractivity contribution in [2.24, 2.45) is 0 Å². The second-order valence-electron chi connectivity index (χ2n) is 4.42. The zero-order valence-electron chi connectivity index (χ0n) is 11.2. The summed E-state index contributed by atoms with van der Waals surface area (Å²) in [5, 5.41) is 2.90. The van der Waals surface area contributed by atoms with Crippen LogP contribution in [0, 0.1) is 6.92 Å². The van der Waals surface area contributed by atoms with Gasteiger partial charge >= 0.3 is 0 Å². The van der Waals surface area contributed by atoms with Crippen molar-refractivity contribution in [1.82, 2.24) is 10.2 Å². The molecule has 0 bridgehead atoms. The SMILES string of the molecule is CC(NC(=O)c1ccc(C)cc1)=C(C)N(C)C. The molecule has 0 saturated carbocycles. The smallest absolute Gasteiger partial charge is 0.255 e. The molecule has 1 aromatic rings. The van der Waals surface area contributed by atoms with Crippen LogP contribution in [0.4, 0.5) is 0 Å². The Kier molecular flexibility index (Phi) is 4.32. The van der Waals surface area contributed by atoms with Crippen LogP contribution < -0.4 is 5.32 Å². The first kappa shape index (κ1) is 13.3. The molecule has 1 amide bonds. The molecule has 0 unspecified atom stereocenters. The molecule has 3 heteroatoms. The van der Waals surface area contributed by atoms with Crippen molar-refractivity contribution in [3.05, 3.63) is 46.8 Å². The second-order valence-corrected chi connectivity index (χ2v) is 4.42. The molecule has 0 fully saturated rings. The first-order valence-corrected chi connectivity index (χ1v) is 5.64. The number of carbonyl (C=O) groups excluding carboxylic acids is 1. The zero-order valence-corrected chi connectivity index (χ0v) is 11.2. The van der Waals surface area contributed by atoms with Gasteiger partial charge in [0, 0.05) is 31.1 Å². The molecule has 3 nitrogen and oxygen atoms in total. The van der Waals surface area contributed by atoms with E-state index >= 15 is 0 Å². The lowest BCUT2D eigenvalue weighted by molar-refractivity contribution is 0.0965. The number of benzene rings is 1. The lowest BCUT2D eigenvalue weighted by atomic mass is 10.1. The molecule has 92 valence electrons. The Morgan fingerprint density at radius 3 is 2.12 bits per heavy atom. The summed E-state index contributed by atoms with van der Waals surface area (Å²) in [5.74, 6) is -0.0660. The quantitative estimate of drug-likeness (QED) is 0.868. The molecule has 0 atom stereocenters. The van der Waals surface area contributed by atoms with E-state index in [1.807, 2.05) is 64.0 Å². The summed E-state index contributed by atoms with van der Waals surface area (Å²) in [5.41, 5.74) is 3.76. The van der Waals surface area contributed by atoms with Crippen LogP contribution in [0.5, 0.6) is 0 Å². The van der Waals surface area contributed by atoms with Gasteiger partial charge in [-0.05, 0) is 32.9 Å². The number of rotatable bonds is 3. The summed E-state index contributed by atoms with van der Waals surface area (Å²) < 4.78 is 0. The first-order valence-electron chi connectivity index (χ1n) is 5.64. The highest BCUT2D eigenvalue weighted by Crippen LogP contribution is 2.06. The molecule has 0 spiro atoms. The lowest BCUT2D eigenvalue weighted by Crippen LogP contribution is -2.25. The van der Waals surface area contributed by atoms with Crippen molar-refractivity contribution in [2.45, 2.75) is 20.8 Å². The number of nitrogens with zero attached hydrogens (tertiary/aromatic N) is 1. The number of allylic oxidation sites excluding steroid dienone is 2. The third kappa shape index (κ3) is 3.63. The summed E-state index contributed by atoms with van der Waals surface area (Å²) in [7, 11) is 3.91. The zero-order chi connectivity index (χ0) is 13.0. The Balaban J connectivity index is 2.80. The van der Waals surface area contributed by atoms with Crippen LogP contribution in [0.3, 0.4) is 0 Å². The number of carbonyl (C=O) groups is 1. The van der Waals surface area contributed by atoms with Crippen LogP contribution in [-0.2, 0) is 0 Å². The Morgan fingerprint density at radius 1 is 1.12 bits per heavy atom. The first-order chi connectivity index (χ1) is 7.91. The van der Waals surface area contributed by atoms with Gasteiger partial charge in [-0.3, -0.25) is 4.79 Å². The van der Waals surface area contributed by atoms with Gasteiger partial charge in [-0.1, -0.05) is 17.7 Å². The molecule has 0 aromatic heterocycles. The third-order valence-corrected chi connectivity index (χ3v) is 2.83. The largest absolute Gasteiger partial charge is 0.380 e. The predicted molar refractivity (Wildman–Crippen MR) is 70.7 cm³/mol. The van der Waals surface area contributed by atoms with Gasteiger partial charge in [0.1, 0.15) is 0 Å². The van der Waals surface area contributed by atoms with Crippen molar-refractivity contribution in [3.8, 4) is 0 Å². The van der Waals surface area contributed by atoms with Gasteiger partial charge in [-0.2, -0.15) is 0 Å². The minimum absolute atomic E-state index is 0.0660. The molecule has 0 aliphatic heterocycles. The van der Waals surface area contributed by atoms with Crippen LogP contribution in [0.1, 0.15) is 29.8 Å². The summed E-state index contributed by atoms with van der Waals surface area (Å²) in [6.07, 6.45) is 0. The van der Waals surface area contributed by atoms with Gasteiger partial charge in [0.05, 0.1) is 0 Å². The van der Waals surface area contributed by atoms with Crippen LogP contribution in [0.2, 0.25) is 0 Å². The summed E-state index contributed by atoms with van der Waals surface area (Å²) in [6, 6.07) is 7.55. The number of nitrogens with one attached hydrogen (secondary N) is 1. The highest BCUT2D eigenvalue weighted by Gasteiger charge is 2.07. The Bertz CT molecular complexity index is 430.